The zero-order chi connectivity index (χ0) is 13.1. The van der Waals surface area contributed by atoms with E-state index in [1.165, 1.54) is 6.07 Å². The fraction of sp³-hybridized carbons (Fsp3) is 0.188. The lowest BCUT2D eigenvalue weighted by Crippen LogP contribution is -2.06. The Kier molecular flexibility index (Phi) is 3.56. The molecule has 0 saturated heterocycles. The molecule has 0 spiro atoms. The quantitative estimate of drug-likeness (QED) is 0.747. The summed E-state index contributed by atoms with van der Waals surface area (Å²) >= 11 is 0. The molecule has 0 aliphatic heterocycles. The number of rotatable bonds is 3. The van der Waals surface area contributed by atoms with Crippen molar-refractivity contribution in [3.63, 3.8) is 0 Å². The molecule has 0 bridgehead atoms. The largest absolute Gasteiger partial charge is 0.294 e. The van der Waals surface area contributed by atoms with Crippen LogP contribution in [0.2, 0.25) is 0 Å². The van der Waals surface area contributed by atoms with E-state index in [1.54, 1.807) is 19.1 Å². The molecule has 0 amide bonds. The van der Waals surface area contributed by atoms with Crippen LogP contribution in [0.3, 0.4) is 0 Å². The first-order valence-electron chi connectivity index (χ1n) is 5.91. The van der Waals surface area contributed by atoms with Gasteiger partial charge in [-0.25, -0.2) is 4.39 Å². The van der Waals surface area contributed by atoms with Crippen LogP contribution in [0.1, 0.15) is 27.0 Å². The van der Waals surface area contributed by atoms with E-state index in [0.29, 0.717) is 0 Å². The lowest BCUT2D eigenvalue weighted by molar-refractivity contribution is 0.0989. The highest BCUT2D eigenvalue weighted by Crippen LogP contribution is 2.13. The fourth-order valence-corrected chi connectivity index (χ4v) is 1.83. The molecule has 1 nitrogen and oxygen atoms in total. The first kappa shape index (κ1) is 12.5. The van der Waals surface area contributed by atoms with E-state index in [2.05, 4.69) is 0 Å². The number of hydrogen-bond donors (Lipinski definition) is 0. The summed E-state index contributed by atoms with van der Waals surface area (Å²) in [7, 11) is 0. The van der Waals surface area contributed by atoms with E-state index in [1.807, 2.05) is 31.2 Å². The van der Waals surface area contributed by atoms with E-state index < -0.39 is 5.82 Å². The first-order valence-corrected chi connectivity index (χ1v) is 5.91. The number of carbonyl (C=O) groups is 1. The Balaban J connectivity index is 2.19. The van der Waals surface area contributed by atoms with Crippen molar-refractivity contribution < 1.29 is 9.18 Å². The van der Waals surface area contributed by atoms with Crippen LogP contribution in [0, 0.1) is 19.7 Å². The fourth-order valence-electron chi connectivity index (χ4n) is 1.83. The SMILES string of the molecule is Cc1ccc(CC(=O)c2ccc(C)cc2F)cc1. The normalized spacial score (nSPS) is 10.4. The monoisotopic (exact) mass is 242 g/mol. The van der Waals surface area contributed by atoms with E-state index in [0.717, 1.165) is 16.7 Å². The predicted molar refractivity (Wildman–Crippen MR) is 70.4 cm³/mol. The van der Waals surface area contributed by atoms with E-state index in [9.17, 15) is 9.18 Å². The second kappa shape index (κ2) is 5.13. The molecule has 92 valence electrons. The number of benzene rings is 2. The van der Waals surface area contributed by atoms with Gasteiger partial charge < -0.3 is 0 Å². The minimum absolute atomic E-state index is 0.168. The van der Waals surface area contributed by atoms with Gasteiger partial charge in [-0.3, -0.25) is 4.79 Å². The molecule has 0 aromatic heterocycles. The Hall–Kier alpha value is -1.96. The molecule has 2 rings (SSSR count). The van der Waals surface area contributed by atoms with Crippen molar-refractivity contribution >= 4 is 5.78 Å². The summed E-state index contributed by atoms with van der Waals surface area (Å²) in [4.78, 5) is 12.0. The summed E-state index contributed by atoms with van der Waals surface area (Å²) in [6.07, 6.45) is 0.236. The number of hydrogen-bond acceptors (Lipinski definition) is 1. The maximum absolute atomic E-state index is 13.6. The van der Waals surface area contributed by atoms with Crippen LogP contribution < -0.4 is 0 Å². The lowest BCUT2D eigenvalue weighted by Gasteiger charge is -2.04. The van der Waals surface area contributed by atoms with Crippen LogP contribution in [0.15, 0.2) is 42.5 Å². The smallest absolute Gasteiger partial charge is 0.170 e. The molecule has 0 radical (unpaired) electrons. The van der Waals surface area contributed by atoms with Crippen molar-refractivity contribution in [1.82, 2.24) is 0 Å². The van der Waals surface area contributed by atoms with Gasteiger partial charge in [0.05, 0.1) is 5.56 Å². The average Bonchev–Trinajstić information content (AvgIpc) is 2.32. The molecular formula is C16H15FO. The summed E-state index contributed by atoms with van der Waals surface area (Å²) in [5.41, 5.74) is 3.04. The lowest BCUT2D eigenvalue weighted by atomic mass is 10.0. The number of halogens is 1. The third-order valence-electron chi connectivity index (χ3n) is 2.91. The molecule has 0 fully saturated rings. The summed E-state index contributed by atoms with van der Waals surface area (Å²) in [6.45, 7) is 3.79. The Morgan fingerprint density at radius 3 is 2.22 bits per heavy atom. The van der Waals surface area contributed by atoms with Gasteiger partial charge in [0.25, 0.3) is 0 Å². The predicted octanol–water partition coefficient (Wildman–Crippen LogP) is 3.87. The molecule has 0 heterocycles. The maximum Gasteiger partial charge on any atom is 0.170 e. The first-order chi connectivity index (χ1) is 8.56. The Morgan fingerprint density at radius 2 is 1.61 bits per heavy atom. The van der Waals surface area contributed by atoms with E-state index in [4.69, 9.17) is 0 Å². The highest BCUT2D eigenvalue weighted by atomic mass is 19.1. The van der Waals surface area contributed by atoms with Crippen molar-refractivity contribution in [2.45, 2.75) is 20.3 Å². The van der Waals surface area contributed by atoms with Gasteiger partial charge in [-0.2, -0.15) is 0 Å². The topological polar surface area (TPSA) is 17.1 Å². The third kappa shape index (κ3) is 2.83. The molecule has 0 N–H and O–H groups in total. The van der Waals surface area contributed by atoms with Crippen molar-refractivity contribution in [1.29, 1.82) is 0 Å². The molecule has 0 unspecified atom stereocenters. The highest BCUT2D eigenvalue weighted by Gasteiger charge is 2.12. The van der Waals surface area contributed by atoms with Crippen molar-refractivity contribution in [2.75, 3.05) is 0 Å². The van der Waals surface area contributed by atoms with Gasteiger partial charge in [0, 0.05) is 6.42 Å². The standard InChI is InChI=1S/C16H15FO/c1-11-3-6-13(7-4-11)10-16(18)14-8-5-12(2)9-15(14)17/h3-9H,10H2,1-2H3. The molecule has 2 aromatic rings. The van der Waals surface area contributed by atoms with Gasteiger partial charge in [0.15, 0.2) is 5.78 Å². The second-order valence-corrected chi connectivity index (χ2v) is 4.57. The second-order valence-electron chi connectivity index (χ2n) is 4.57. The van der Waals surface area contributed by atoms with Crippen LogP contribution >= 0.6 is 0 Å². The maximum atomic E-state index is 13.6. The van der Waals surface area contributed by atoms with Crippen molar-refractivity contribution in [3.05, 3.63) is 70.5 Å². The van der Waals surface area contributed by atoms with Crippen molar-refractivity contribution in [3.8, 4) is 0 Å². The number of ketones is 1. The van der Waals surface area contributed by atoms with E-state index >= 15 is 0 Å². The zero-order valence-corrected chi connectivity index (χ0v) is 10.5. The molecule has 0 aliphatic rings. The molecule has 0 aliphatic carbocycles. The van der Waals surface area contributed by atoms with Gasteiger partial charge in [-0.15, -0.1) is 0 Å². The molecule has 18 heavy (non-hydrogen) atoms. The highest BCUT2D eigenvalue weighted by molar-refractivity contribution is 5.97. The summed E-state index contributed by atoms with van der Waals surface area (Å²) < 4.78 is 13.6. The summed E-state index contributed by atoms with van der Waals surface area (Å²) in [5.74, 6) is -0.622. The van der Waals surface area contributed by atoms with Gasteiger partial charge >= 0.3 is 0 Å². The number of aryl methyl sites for hydroxylation is 2. The minimum atomic E-state index is -0.438. The van der Waals surface area contributed by atoms with Crippen LogP contribution in [0.25, 0.3) is 0 Å². The number of carbonyl (C=O) groups excluding carboxylic acids is 1. The van der Waals surface area contributed by atoms with Gasteiger partial charge in [-0.1, -0.05) is 35.9 Å². The van der Waals surface area contributed by atoms with Crippen LogP contribution in [-0.4, -0.2) is 5.78 Å². The summed E-state index contributed by atoms with van der Waals surface area (Å²) in [6, 6.07) is 12.4. The molecular weight excluding hydrogens is 227 g/mol. The minimum Gasteiger partial charge on any atom is -0.294 e. The van der Waals surface area contributed by atoms with Crippen LogP contribution in [0.5, 0.6) is 0 Å². The van der Waals surface area contributed by atoms with Crippen molar-refractivity contribution in [2.24, 2.45) is 0 Å². The molecule has 0 atom stereocenters. The molecule has 2 heteroatoms. The average molecular weight is 242 g/mol. The molecule has 0 saturated carbocycles. The Bertz CT molecular complexity index is 570. The third-order valence-corrected chi connectivity index (χ3v) is 2.91. The molecule has 2 aromatic carbocycles. The van der Waals surface area contributed by atoms with Gasteiger partial charge in [-0.05, 0) is 37.1 Å². The zero-order valence-electron chi connectivity index (χ0n) is 10.5. The summed E-state index contributed by atoms with van der Waals surface area (Å²) in [5, 5.41) is 0. The van der Waals surface area contributed by atoms with Gasteiger partial charge in [0.1, 0.15) is 5.82 Å². The Morgan fingerprint density at radius 1 is 1.00 bits per heavy atom. The van der Waals surface area contributed by atoms with Crippen LogP contribution in [-0.2, 0) is 6.42 Å². The Labute approximate surface area is 106 Å². The number of Topliss-reactive ketones (excluding diaryl/α,β-unsaturated/α-hetero) is 1. The van der Waals surface area contributed by atoms with Gasteiger partial charge in [0.2, 0.25) is 0 Å². The van der Waals surface area contributed by atoms with Crippen LogP contribution in [0.4, 0.5) is 4.39 Å². The van der Waals surface area contributed by atoms with E-state index in [-0.39, 0.29) is 17.8 Å².